The van der Waals surface area contributed by atoms with Crippen molar-refractivity contribution in [1.29, 1.82) is 0 Å². The third kappa shape index (κ3) is 5.19. The molecule has 0 saturated heterocycles. The smallest absolute Gasteiger partial charge is 0.251 e. The molecule has 2 rings (SSSR count). The summed E-state index contributed by atoms with van der Waals surface area (Å²) in [6.45, 7) is 8.59. The molecule has 0 aromatic heterocycles. The number of amides is 2. The van der Waals surface area contributed by atoms with E-state index in [0.717, 1.165) is 16.8 Å². The molecule has 0 unspecified atom stereocenters. The molecule has 0 aliphatic rings. The molecule has 26 heavy (non-hydrogen) atoms. The van der Waals surface area contributed by atoms with E-state index in [4.69, 9.17) is 0 Å². The number of benzene rings is 2. The average Bonchev–Trinajstić information content (AvgIpc) is 2.62. The van der Waals surface area contributed by atoms with Crippen LogP contribution >= 0.6 is 0 Å². The minimum Gasteiger partial charge on any atom is -0.352 e. The maximum absolute atomic E-state index is 12.8. The van der Waals surface area contributed by atoms with Gasteiger partial charge in [-0.25, -0.2) is 0 Å². The zero-order valence-corrected chi connectivity index (χ0v) is 16.1. The summed E-state index contributed by atoms with van der Waals surface area (Å²) in [5.74, 6) is -0.0176. The Hall–Kier alpha value is -2.62. The Morgan fingerprint density at radius 1 is 1.04 bits per heavy atom. The Bertz CT molecular complexity index is 754. The van der Waals surface area contributed by atoms with Gasteiger partial charge in [0.25, 0.3) is 5.91 Å². The highest BCUT2D eigenvalue weighted by atomic mass is 16.2. The molecule has 0 atom stereocenters. The lowest BCUT2D eigenvalue weighted by molar-refractivity contribution is -0.119. The van der Waals surface area contributed by atoms with Crippen molar-refractivity contribution in [3.63, 3.8) is 0 Å². The van der Waals surface area contributed by atoms with E-state index >= 15 is 0 Å². The zero-order valence-electron chi connectivity index (χ0n) is 16.1. The first-order chi connectivity index (χ1) is 12.4. The number of anilines is 1. The van der Waals surface area contributed by atoms with Gasteiger partial charge in [-0.2, -0.15) is 0 Å². The number of aryl methyl sites for hydroxylation is 2. The van der Waals surface area contributed by atoms with Crippen molar-refractivity contribution in [1.82, 2.24) is 5.32 Å². The zero-order chi connectivity index (χ0) is 19.1. The maximum atomic E-state index is 12.8. The van der Waals surface area contributed by atoms with E-state index in [1.165, 1.54) is 0 Å². The molecule has 0 saturated carbocycles. The van der Waals surface area contributed by atoms with Crippen LogP contribution in [0, 0.1) is 13.8 Å². The Kier molecular flexibility index (Phi) is 6.96. The SMILES string of the molecule is Cc1ccc(C)c(N(C(=O)CCCNC(=O)c2ccccc2)C(C)C)c1. The first kappa shape index (κ1) is 19.7. The van der Waals surface area contributed by atoms with E-state index < -0.39 is 0 Å². The van der Waals surface area contributed by atoms with Crippen molar-refractivity contribution >= 4 is 17.5 Å². The molecule has 0 spiro atoms. The van der Waals surface area contributed by atoms with Gasteiger partial charge in [0, 0.05) is 30.3 Å². The molecule has 0 aliphatic heterocycles. The summed E-state index contributed by atoms with van der Waals surface area (Å²) in [4.78, 5) is 26.7. The van der Waals surface area contributed by atoms with Crippen molar-refractivity contribution in [2.75, 3.05) is 11.4 Å². The van der Waals surface area contributed by atoms with Crippen LogP contribution in [0.1, 0.15) is 48.2 Å². The fraction of sp³-hybridized carbons (Fsp3) is 0.364. The minimum absolute atomic E-state index is 0.0851. The molecule has 1 N–H and O–H groups in total. The van der Waals surface area contributed by atoms with Crippen LogP contribution in [-0.4, -0.2) is 24.4 Å². The molecule has 4 nitrogen and oxygen atoms in total. The van der Waals surface area contributed by atoms with Gasteiger partial charge in [0.15, 0.2) is 0 Å². The van der Waals surface area contributed by atoms with Gasteiger partial charge in [0.2, 0.25) is 5.91 Å². The van der Waals surface area contributed by atoms with E-state index in [-0.39, 0.29) is 17.9 Å². The van der Waals surface area contributed by atoms with Crippen LogP contribution in [0.3, 0.4) is 0 Å². The summed E-state index contributed by atoms with van der Waals surface area (Å²) >= 11 is 0. The number of rotatable bonds is 7. The Morgan fingerprint density at radius 3 is 2.38 bits per heavy atom. The van der Waals surface area contributed by atoms with Gasteiger partial charge in [-0.05, 0) is 63.4 Å². The van der Waals surface area contributed by atoms with E-state index in [2.05, 4.69) is 17.4 Å². The standard InChI is InChI=1S/C22H28N2O2/c1-16(2)24(20-15-17(3)12-13-18(20)4)21(25)11-8-14-23-22(26)19-9-6-5-7-10-19/h5-7,9-10,12-13,15-16H,8,11,14H2,1-4H3,(H,23,26). The first-order valence-electron chi connectivity index (χ1n) is 9.12. The Balaban J connectivity index is 1.92. The van der Waals surface area contributed by atoms with Crippen molar-refractivity contribution in [2.24, 2.45) is 0 Å². The largest absolute Gasteiger partial charge is 0.352 e. The van der Waals surface area contributed by atoms with Gasteiger partial charge in [0.05, 0.1) is 0 Å². The summed E-state index contributed by atoms with van der Waals surface area (Å²) in [7, 11) is 0. The number of hydrogen-bond acceptors (Lipinski definition) is 2. The van der Waals surface area contributed by atoms with Crippen molar-refractivity contribution in [3.8, 4) is 0 Å². The minimum atomic E-state index is -0.103. The van der Waals surface area contributed by atoms with Gasteiger partial charge in [-0.3, -0.25) is 9.59 Å². The van der Waals surface area contributed by atoms with Crippen molar-refractivity contribution in [2.45, 2.75) is 46.6 Å². The lowest BCUT2D eigenvalue weighted by Gasteiger charge is -2.29. The summed E-state index contributed by atoms with van der Waals surface area (Å²) in [6.07, 6.45) is 1.02. The normalized spacial score (nSPS) is 10.7. The number of carbonyl (C=O) groups is 2. The third-order valence-electron chi connectivity index (χ3n) is 4.30. The van der Waals surface area contributed by atoms with Gasteiger partial charge in [-0.1, -0.05) is 30.3 Å². The van der Waals surface area contributed by atoms with Gasteiger partial charge in [-0.15, -0.1) is 0 Å². The quantitative estimate of drug-likeness (QED) is 0.757. The van der Waals surface area contributed by atoms with Crippen molar-refractivity contribution < 1.29 is 9.59 Å². The summed E-state index contributed by atoms with van der Waals surface area (Å²) in [5.41, 5.74) is 3.84. The van der Waals surface area contributed by atoms with Crippen LogP contribution in [-0.2, 0) is 4.79 Å². The lowest BCUT2D eigenvalue weighted by atomic mass is 10.1. The molecule has 2 aromatic carbocycles. The van der Waals surface area contributed by atoms with E-state index in [1.807, 2.05) is 56.9 Å². The lowest BCUT2D eigenvalue weighted by Crippen LogP contribution is -2.38. The molecule has 0 bridgehead atoms. The molecule has 2 amide bonds. The average molecular weight is 352 g/mol. The van der Waals surface area contributed by atoms with Crippen LogP contribution in [0.5, 0.6) is 0 Å². The molecule has 2 aromatic rings. The van der Waals surface area contributed by atoms with Crippen LogP contribution in [0.2, 0.25) is 0 Å². The van der Waals surface area contributed by atoms with E-state index in [1.54, 1.807) is 12.1 Å². The summed E-state index contributed by atoms with van der Waals surface area (Å²) in [6, 6.07) is 15.4. The monoisotopic (exact) mass is 352 g/mol. The fourth-order valence-electron chi connectivity index (χ4n) is 2.93. The topological polar surface area (TPSA) is 49.4 Å². The second-order valence-electron chi connectivity index (χ2n) is 6.87. The summed E-state index contributed by atoms with van der Waals surface area (Å²) < 4.78 is 0. The highest BCUT2D eigenvalue weighted by Gasteiger charge is 2.20. The molecule has 4 heteroatoms. The summed E-state index contributed by atoms with van der Waals surface area (Å²) in [5, 5.41) is 2.87. The predicted molar refractivity (Wildman–Crippen MR) is 107 cm³/mol. The van der Waals surface area contributed by atoms with Crippen LogP contribution in [0.15, 0.2) is 48.5 Å². The number of nitrogens with zero attached hydrogens (tertiary/aromatic N) is 1. The first-order valence-corrected chi connectivity index (χ1v) is 9.12. The van der Waals surface area contributed by atoms with Crippen LogP contribution in [0.4, 0.5) is 5.69 Å². The van der Waals surface area contributed by atoms with Crippen LogP contribution in [0.25, 0.3) is 0 Å². The Labute approximate surface area is 156 Å². The van der Waals surface area contributed by atoms with Gasteiger partial charge < -0.3 is 10.2 Å². The fourth-order valence-corrected chi connectivity index (χ4v) is 2.93. The molecular weight excluding hydrogens is 324 g/mol. The van der Waals surface area contributed by atoms with E-state index in [9.17, 15) is 9.59 Å². The second-order valence-corrected chi connectivity index (χ2v) is 6.87. The number of hydrogen-bond donors (Lipinski definition) is 1. The van der Waals surface area contributed by atoms with Gasteiger partial charge in [0.1, 0.15) is 0 Å². The molecule has 138 valence electrons. The van der Waals surface area contributed by atoms with Crippen LogP contribution < -0.4 is 10.2 Å². The van der Waals surface area contributed by atoms with Gasteiger partial charge >= 0.3 is 0 Å². The Morgan fingerprint density at radius 2 is 1.73 bits per heavy atom. The van der Waals surface area contributed by atoms with E-state index in [0.29, 0.717) is 24.9 Å². The molecular formula is C22H28N2O2. The number of nitrogens with one attached hydrogen (secondary N) is 1. The molecule has 0 heterocycles. The highest BCUT2D eigenvalue weighted by molar-refractivity contribution is 5.95. The number of carbonyl (C=O) groups excluding carboxylic acids is 2. The highest BCUT2D eigenvalue weighted by Crippen LogP contribution is 2.24. The third-order valence-corrected chi connectivity index (χ3v) is 4.30. The molecule has 0 radical (unpaired) electrons. The predicted octanol–water partition coefficient (Wildman–Crippen LogP) is 4.26. The maximum Gasteiger partial charge on any atom is 0.251 e. The molecule has 0 aliphatic carbocycles. The second kappa shape index (κ2) is 9.18. The molecule has 0 fully saturated rings. The van der Waals surface area contributed by atoms with Crippen molar-refractivity contribution in [3.05, 3.63) is 65.2 Å².